The van der Waals surface area contributed by atoms with Gasteiger partial charge in [0.1, 0.15) is 6.04 Å². The van der Waals surface area contributed by atoms with Crippen LogP contribution in [0, 0.1) is 6.92 Å². The minimum absolute atomic E-state index is 0.207. The van der Waals surface area contributed by atoms with Crippen molar-refractivity contribution in [3.8, 4) is 0 Å². The van der Waals surface area contributed by atoms with Crippen LogP contribution < -0.4 is 13.7 Å². The lowest BCUT2D eigenvalue weighted by Crippen LogP contribution is -2.47. The summed E-state index contributed by atoms with van der Waals surface area (Å²) in [5.74, 6) is -0.939. The van der Waals surface area contributed by atoms with E-state index < -0.39 is 11.9 Å². The second-order valence-electron chi connectivity index (χ2n) is 7.70. The van der Waals surface area contributed by atoms with Crippen LogP contribution in [0.4, 0.5) is 10.5 Å². The maximum Gasteiger partial charge on any atom is 0.331 e. The Hall–Kier alpha value is -2.18. The molecular weight excluding hydrogens is 567 g/mol. The van der Waals surface area contributed by atoms with Gasteiger partial charge in [-0.05, 0) is 48.4 Å². The first-order chi connectivity index (χ1) is 15.3. The molecule has 1 saturated heterocycles. The Bertz CT molecular complexity index is 1120. The van der Waals surface area contributed by atoms with Gasteiger partial charge in [-0.1, -0.05) is 17.7 Å². The summed E-state index contributed by atoms with van der Waals surface area (Å²) in [6, 6.07) is 4.42. The number of nitrogens with one attached hydrogen (secondary N) is 2. The summed E-state index contributed by atoms with van der Waals surface area (Å²) >= 11 is 9.38. The highest BCUT2D eigenvalue weighted by Crippen LogP contribution is 2.34. The average molecular weight is 587 g/mol. The molecule has 2 N–H and O–H groups in total. The Morgan fingerprint density at radius 1 is 1.38 bits per heavy atom. The van der Waals surface area contributed by atoms with Crippen LogP contribution in [0.15, 0.2) is 23.6 Å². The van der Waals surface area contributed by atoms with E-state index >= 15 is 0 Å². The van der Waals surface area contributed by atoms with E-state index in [4.69, 9.17) is 11.6 Å². The normalized spacial score (nSPS) is 18.3. The number of rotatable bonds is 4. The van der Waals surface area contributed by atoms with Gasteiger partial charge in [-0.3, -0.25) is 19.7 Å². The van der Waals surface area contributed by atoms with Gasteiger partial charge < -0.3 is 10.2 Å². The van der Waals surface area contributed by atoms with E-state index in [1.807, 2.05) is 47.3 Å². The Labute approximate surface area is 207 Å². The summed E-state index contributed by atoms with van der Waals surface area (Å²) in [6.45, 7) is 2.43. The Balaban J connectivity index is 1.43. The van der Waals surface area contributed by atoms with E-state index in [1.165, 1.54) is 19.4 Å². The zero-order valence-corrected chi connectivity index (χ0v) is 20.8. The molecule has 2 aliphatic rings. The molecule has 1 aromatic heterocycles. The number of carbonyl (C=O) groups excluding carboxylic acids is 4. The SMILES string of the molecule is Cc1ccc(N(I)C(=O)NCc2csc3c2CN(C2CCCC(=O)NC2=O)C3=O)cc1Cl. The van der Waals surface area contributed by atoms with E-state index in [-0.39, 0.29) is 37.4 Å². The molecule has 1 atom stereocenters. The van der Waals surface area contributed by atoms with Crippen molar-refractivity contribution in [3.63, 3.8) is 0 Å². The molecular formula is C21H20ClIN4O4S. The van der Waals surface area contributed by atoms with Gasteiger partial charge in [-0.2, -0.15) is 0 Å². The van der Waals surface area contributed by atoms with Crippen LogP contribution in [0.3, 0.4) is 0 Å². The molecule has 0 radical (unpaired) electrons. The summed E-state index contributed by atoms with van der Waals surface area (Å²) in [5, 5.41) is 7.66. The Morgan fingerprint density at radius 3 is 2.91 bits per heavy atom. The van der Waals surface area contributed by atoms with Crippen LogP contribution >= 0.6 is 45.8 Å². The highest BCUT2D eigenvalue weighted by atomic mass is 127. The van der Waals surface area contributed by atoms with Gasteiger partial charge in [0.05, 0.1) is 33.4 Å². The van der Waals surface area contributed by atoms with Crippen molar-refractivity contribution < 1.29 is 19.2 Å². The van der Waals surface area contributed by atoms with Gasteiger partial charge in [0.2, 0.25) is 11.8 Å². The van der Waals surface area contributed by atoms with E-state index in [2.05, 4.69) is 10.6 Å². The molecule has 0 saturated carbocycles. The van der Waals surface area contributed by atoms with Gasteiger partial charge in [-0.25, -0.2) is 7.91 Å². The van der Waals surface area contributed by atoms with Gasteiger partial charge in [-0.15, -0.1) is 11.3 Å². The molecule has 3 heterocycles. The van der Waals surface area contributed by atoms with Gasteiger partial charge in [0.15, 0.2) is 0 Å². The number of thiophene rings is 1. The summed E-state index contributed by atoms with van der Waals surface area (Å²) < 4.78 is 1.44. The lowest BCUT2D eigenvalue weighted by atomic mass is 10.1. The first-order valence-electron chi connectivity index (χ1n) is 10.00. The van der Waals surface area contributed by atoms with Crippen LogP contribution in [0.25, 0.3) is 0 Å². The number of hydrogen-bond donors (Lipinski definition) is 2. The number of nitrogens with zero attached hydrogens (tertiary/aromatic N) is 2. The Kier molecular flexibility index (Phi) is 6.72. The third-order valence-corrected chi connectivity index (χ3v) is 8.04. The number of aryl methyl sites for hydroxylation is 1. The van der Waals surface area contributed by atoms with Gasteiger partial charge in [0, 0.05) is 30.1 Å². The predicted octanol–water partition coefficient (Wildman–Crippen LogP) is 3.93. The second kappa shape index (κ2) is 9.36. The summed E-state index contributed by atoms with van der Waals surface area (Å²) in [6.07, 6.45) is 1.28. The average Bonchev–Trinajstić information content (AvgIpc) is 3.25. The van der Waals surface area contributed by atoms with Crippen LogP contribution in [-0.2, 0) is 22.7 Å². The highest BCUT2D eigenvalue weighted by Gasteiger charge is 2.39. The molecule has 0 bridgehead atoms. The maximum atomic E-state index is 12.9. The van der Waals surface area contributed by atoms with Crippen molar-refractivity contribution in [3.05, 3.63) is 50.2 Å². The number of imide groups is 1. The fourth-order valence-electron chi connectivity index (χ4n) is 3.77. The van der Waals surface area contributed by atoms with Crippen molar-refractivity contribution in [2.45, 2.75) is 45.3 Å². The third kappa shape index (κ3) is 4.48. The first-order valence-corrected chi connectivity index (χ1v) is 12.2. The predicted molar refractivity (Wildman–Crippen MR) is 130 cm³/mol. The van der Waals surface area contributed by atoms with E-state index in [0.29, 0.717) is 28.4 Å². The van der Waals surface area contributed by atoms with Crippen LogP contribution in [0.5, 0.6) is 0 Å². The summed E-state index contributed by atoms with van der Waals surface area (Å²) in [5.41, 5.74) is 3.24. The highest BCUT2D eigenvalue weighted by molar-refractivity contribution is 14.1. The van der Waals surface area contributed by atoms with Crippen molar-refractivity contribution in [1.29, 1.82) is 0 Å². The maximum absolute atomic E-state index is 12.9. The molecule has 2 aliphatic heterocycles. The lowest BCUT2D eigenvalue weighted by Gasteiger charge is -2.25. The number of benzene rings is 1. The number of carbonyl (C=O) groups is 4. The van der Waals surface area contributed by atoms with Gasteiger partial charge in [0.25, 0.3) is 5.91 Å². The molecule has 1 aromatic carbocycles. The smallest absolute Gasteiger partial charge is 0.331 e. The monoisotopic (exact) mass is 586 g/mol. The number of anilines is 1. The lowest BCUT2D eigenvalue weighted by molar-refractivity contribution is -0.132. The molecule has 4 rings (SSSR count). The van der Waals surface area contributed by atoms with Crippen molar-refractivity contribution in [2.24, 2.45) is 0 Å². The number of urea groups is 1. The standard InChI is InChI=1S/C21H20ClIN4O4S/c1-11-5-6-13(7-15(11)22)27(23)21(31)24-8-12-10-32-18-14(12)9-26(20(18)30)16-3-2-4-17(28)25-19(16)29/h5-7,10,16H,2-4,8-9H2,1H3,(H,24,31)(H,25,28,29). The third-order valence-electron chi connectivity index (χ3n) is 5.58. The van der Waals surface area contributed by atoms with E-state index in [0.717, 1.165) is 16.7 Å². The number of amides is 5. The second-order valence-corrected chi connectivity index (χ2v) is 9.95. The number of halogens is 2. The number of hydrogen-bond acceptors (Lipinski definition) is 5. The molecule has 5 amide bonds. The topological polar surface area (TPSA) is 98.8 Å². The molecule has 0 aliphatic carbocycles. The van der Waals surface area contributed by atoms with Crippen LogP contribution in [0.2, 0.25) is 5.02 Å². The molecule has 2 aromatic rings. The zero-order chi connectivity index (χ0) is 23.0. The fourth-order valence-corrected chi connectivity index (χ4v) is 5.46. The van der Waals surface area contributed by atoms with Crippen molar-refractivity contribution in [2.75, 3.05) is 3.11 Å². The molecule has 8 nitrogen and oxygen atoms in total. The molecule has 1 fully saturated rings. The molecule has 32 heavy (non-hydrogen) atoms. The number of fused-ring (bicyclic) bond motifs is 1. The minimum atomic E-state index is -0.660. The zero-order valence-electron chi connectivity index (χ0n) is 17.1. The quantitative estimate of drug-likeness (QED) is 0.322. The van der Waals surface area contributed by atoms with Crippen LogP contribution in [0.1, 0.15) is 45.6 Å². The molecule has 1 unspecified atom stereocenters. The van der Waals surface area contributed by atoms with Crippen molar-refractivity contribution in [1.82, 2.24) is 15.5 Å². The molecule has 11 heteroatoms. The summed E-state index contributed by atoms with van der Waals surface area (Å²) in [7, 11) is 0. The molecule has 168 valence electrons. The fraction of sp³-hybridized carbons (Fsp3) is 0.333. The van der Waals surface area contributed by atoms with E-state index in [9.17, 15) is 19.2 Å². The van der Waals surface area contributed by atoms with Crippen LogP contribution in [-0.4, -0.2) is 34.7 Å². The Morgan fingerprint density at radius 2 is 2.16 bits per heavy atom. The van der Waals surface area contributed by atoms with Gasteiger partial charge >= 0.3 is 6.03 Å². The largest absolute Gasteiger partial charge is 0.333 e. The molecule has 0 spiro atoms. The summed E-state index contributed by atoms with van der Waals surface area (Å²) in [4.78, 5) is 51.6. The minimum Gasteiger partial charge on any atom is -0.333 e. The van der Waals surface area contributed by atoms with E-state index in [1.54, 1.807) is 6.07 Å². The van der Waals surface area contributed by atoms with Crippen molar-refractivity contribution >= 4 is 75.2 Å². The first kappa shape index (κ1) is 23.0.